The number of rotatable bonds is 48. The van der Waals surface area contributed by atoms with Crippen molar-refractivity contribution in [2.24, 2.45) is 44.6 Å². The lowest BCUT2D eigenvalue weighted by Crippen LogP contribution is -2.61. The van der Waals surface area contributed by atoms with Gasteiger partial charge in [0.1, 0.15) is 84.9 Å². The number of amides is 13. The zero-order valence-corrected chi connectivity index (χ0v) is 69.5. The van der Waals surface area contributed by atoms with E-state index in [1.807, 2.05) is 55.5 Å². The number of nitrogens with two attached hydrogens (primary N) is 5. The van der Waals surface area contributed by atoms with Crippen LogP contribution in [-0.2, 0) is 86.6 Å². The zero-order chi connectivity index (χ0) is 87.7. The van der Waals surface area contributed by atoms with Crippen molar-refractivity contribution < 1.29 is 82.1 Å². The van der Waals surface area contributed by atoms with Gasteiger partial charge in [-0.2, -0.15) is 0 Å². The predicted molar refractivity (Wildman–Crippen MR) is 445 cm³/mol. The Morgan fingerprint density at radius 3 is 1.64 bits per heavy atom. The highest BCUT2D eigenvalue weighted by Gasteiger charge is 2.44. The number of carbonyl (C=O) groups excluding carboxylic acids is 13. The third kappa shape index (κ3) is 29.1. The zero-order valence-electron chi connectivity index (χ0n) is 69.5. The van der Waals surface area contributed by atoms with Crippen LogP contribution in [0.25, 0.3) is 0 Å². The topological polar surface area (TPSA) is 602 Å². The van der Waals surface area contributed by atoms with Gasteiger partial charge in [0.05, 0.1) is 19.5 Å². The van der Waals surface area contributed by atoms with E-state index in [1.165, 1.54) is 27.2 Å². The van der Waals surface area contributed by atoms with Crippen molar-refractivity contribution in [3.8, 4) is 5.75 Å². The monoisotopic (exact) mass is 1690 g/mol. The van der Waals surface area contributed by atoms with E-state index in [2.05, 4.69) is 73.1 Å². The summed E-state index contributed by atoms with van der Waals surface area (Å²) in [6.07, 6.45) is 10.9. The lowest BCUT2D eigenvalue weighted by Gasteiger charge is -2.31. The van der Waals surface area contributed by atoms with Crippen LogP contribution in [0.15, 0.2) is 71.0 Å². The minimum Gasteiger partial charge on any atom is -0.489 e. The lowest BCUT2D eigenvalue weighted by molar-refractivity contribution is -0.145. The number of aliphatic hydroxyl groups excluding tert-OH is 1. The van der Waals surface area contributed by atoms with Crippen LogP contribution in [0.4, 0.5) is 0 Å². The molecule has 1 aliphatic carbocycles. The summed E-state index contributed by atoms with van der Waals surface area (Å²) in [5, 5.41) is 48.0. The van der Waals surface area contributed by atoms with Crippen molar-refractivity contribution in [3.63, 3.8) is 0 Å². The lowest BCUT2D eigenvalue weighted by atomic mass is 9.93. The molecule has 12 atom stereocenters. The number of aliphatic carboxylic acids is 1. The number of aliphatic imine (C=N–C) groups is 2. The maximum atomic E-state index is 14.7. The summed E-state index contributed by atoms with van der Waals surface area (Å²) in [7, 11) is 0. The van der Waals surface area contributed by atoms with Crippen LogP contribution in [0.1, 0.15) is 197 Å². The minimum absolute atomic E-state index is 0.00990. The summed E-state index contributed by atoms with van der Waals surface area (Å²) < 4.78 is 6.32. The highest BCUT2D eigenvalue weighted by molar-refractivity contribution is 6.00. The number of aromatic amines is 1. The molecule has 0 bridgehead atoms. The van der Waals surface area contributed by atoms with Crippen LogP contribution >= 0.6 is 0 Å². The van der Waals surface area contributed by atoms with Crippen LogP contribution in [0.5, 0.6) is 5.75 Å². The molecule has 1 aromatic heterocycles. The Morgan fingerprint density at radius 2 is 1.08 bits per heavy atom. The van der Waals surface area contributed by atoms with Crippen molar-refractivity contribution in [3.05, 3.63) is 83.4 Å². The fourth-order valence-corrected chi connectivity index (χ4v) is 16.0. The van der Waals surface area contributed by atoms with Crippen LogP contribution in [0, 0.1) is 5.92 Å². The Kier molecular flexibility index (Phi) is 37.7. The molecule has 5 heterocycles. The van der Waals surface area contributed by atoms with Crippen LogP contribution < -0.4 is 86.6 Å². The number of unbranched alkanes of at least 4 members (excludes halogenated alkanes) is 2. The first-order valence-corrected chi connectivity index (χ1v) is 42.4. The summed E-state index contributed by atoms with van der Waals surface area (Å²) in [5.74, 6) is -10.4. The standard InChI is InChI=1S/C82H124N22O17/c1-4-5-22-57(78(117)104-38-17-28-65(104)77(116)100-61(80(119)120)41-50-29-31-66(53(40-50)51-20-9-10-21-51)121-46-49-18-7-6-8-19-49)97-75(114)63-26-15-36-102(63)68(107)44-91-69(108)54(23-11-12-33-83)94-73(112)60(42-52-43-88-47-92-52)99-74(113)62(45-105)101-72(111)59(39-48(2)3)98-70(109)55(24-13-34-89-81(84)85)95-76(115)64-27-16-37-103(64)79(118)58(25-14-35-90-82(86)87)96-71(110)56-30-32-67(106)93-56/h6-8,18-19,29,31,40,43,47-48,51,54-65,105H,4-5,9-17,20-28,30,32-39,41-42,44-46,83H2,1-3H3,(H,88,92)(H,91,108)(H,93,106)(H,94,112)(H,95,115)(H,96,110)(H,97,114)(H,98,109)(H,99,113)(H,100,116)(H,101,111)(H,119,120)(H4,84,85,89)(H4,86,87,90)/t54-,55-,56-,57-,58-,59-,60-,61+,62-,63-,64-,65-/m0/s1. The van der Waals surface area contributed by atoms with Gasteiger partial charge in [0.25, 0.3) is 0 Å². The predicted octanol–water partition coefficient (Wildman–Crippen LogP) is -1.77. The van der Waals surface area contributed by atoms with Gasteiger partial charge >= 0.3 is 5.97 Å². The van der Waals surface area contributed by atoms with Gasteiger partial charge in [-0.05, 0) is 157 Å². The molecule has 13 amide bonds. The van der Waals surface area contributed by atoms with Crippen molar-refractivity contribution in [1.29, 1.82) is 0 Å². The molecule has 2 aromatic carbocycles. The van der Waals surface area contributed by atoms with Crippen molar-refractivity contribution >= 4 is 94.7 Å². The second-order valence-corrected chi connectivity index (χ2v) is 32.1. The number of guanidine groups is 2. The van der Waals surface area contributed by atoms with Crippen molar-refractivity contribution in [1.82, 2.24) is 77.8 Å². The number of likely N-dealkylation sites (tertiary alicyclic amines) is 3. The highest BCUT2D eigenvalue weighted by Crippen LogP contribution is 2.40. The number of nitrogens with zero attached hydrogens (tertiary/aromatic N) is 6. The van der Waals surface area contributed by atoms with E-state index in [1.54, 1.807) is 13.8 Å². The number of aromatic nitrogens is 2. The Hall–Kier alpha value is -11.5. The Labute approximate surface area is 704 Å². The van der Waals surface area contributed by atoms with E-state index in [4.69, 9.17) is 33.4 Å². The van der Waals surface area contributed by atoms with Gasteiger partial charge in [-0.25, -0.2) is 9.78 Å². The van der Waals surface area contributed by atoms with Gasteiger partial charge in [-0.3, -0.25) is 72.3 Å². The normalized spacial score (nSPS) is 19.0. The Bertz CT molecular complexity index is 4080. The van der Waals surface area contributed by atoms with Crippen LogP contribution in [0.3, 0.4) is 0 Å². The maximum absolute atomic E-state index is 14.7. The number of nitrogens with one attached hydrogen (secondary N) is 11. The quantitative estimate of drug-likeness (QED) is 0.0169. The summed E-state index contributed by atoms with van der Waals surface area (Å²) in [6, 6.07) is 0.183. The van der Waals surface area contributed by atoms with E-state index in [0.717, 1.165) is 42.6 Å². The molecule has 5 aliphatic rings. The van der Waals surface area contributed by atoms with Gasteiger partial charge in [0, 0.05) is 63.9 Å². The number of carboxylic acids is 1. The molecule has 23 N–H and O–H groups in total. The fraction of sp³-hybridized carbons (Fsp3) is 0.622. The molecule has 0 radical (unpaired) electrons. The molecule has 39 heteroatoms. The number of imidazole rings is 1. The Balaban J connectivity index is 0.883. The molecule has 4 saturated heterocycles. The molecule has 121 heavy (non-hydrogen) atoms. The molecular formula is C82H124N22O17. The summed E-state index contributed by atoms with van der Waals surface area (Å²) >= 11 is 0. The van der Waals surface area contributed by atoms with Crippen LogP contribution in [-0.4, -0.2) is 254 Å². The SMILES string of the molecule is CCCC[C@H](NC(=O)[C@@H]1CCCN1C(=O)CNC(=O)[C@H](CCCCN)NC(=O)[C@H](Cc1cnc[nH]1)NC(=O)[C@H](CO)NC(=O)[C@H](CC(C)C)NC(=O)[C@H](CCCN=C(N)N)NC(=O)[C@@H]1CCCN1C(=O)[C@H](CCCN=C(N)N)NC(=O)[C@@H]1CCC(=O)N1)C(=O)N1CCC[C@H]1C(=O)N[C@H](Cc1ccc(OCc2ccccc2)c(C2CCCC2)c1)C(=O)O. The average Bonchev–Trinajstić information content (AvgIpc) is 1.03. The smallest absolute Gasteiger partial charge is 0.326 e. The van der Waals surface area contributed by atoms with E-state index in [9.17, 15) is 77.3 Å². The highest BCUT2D eigenvalue weighted by atomic mass is 16.5. The number of hydrogen-bond acceptors (Lipinski definition) is 20. The molecule has 39 nitrogen and oxygen atoms in total. The van der Waals surface area contributed by atoms with Gasteiger partial charge in [-0.1, -0.05) is 88.9 Å². The number of carbonyl (C=O) groups is 14. The third-order valence-corrected chi connectivity index (χ3v) is 22.4. The number of H-pyrrole nitrogens is 1. The summed E-state index contributed by atoms with van der Waals surface area (Å²) in [6.45, 7) is 4.83. The second kappa shape index (κ2) is 48.1. The maximum Gasteiger partial charge on any atom is 0.326 e. The van der Waals surface area contributed by atoms with Crippen molar-refractivity contribution in [2.45, 2.75) is 266 Å². The first-order valence-electron chi connectivity index (χ1n) is 42.4. The van der Waals surface area contributed by atoms with Crippen LogP contribution in [0.2, 0.25) is 0 Å². The first-order chi connectivity index (χ1) is 58.0. The molecular weight excluding hydrogens is 1570 g/mol. The fourth-order valence-electron chi connectivity index (χ4n) is 16.0. The molecule has 1 saturated carbocycles. The van der Waals surface area contributed by atoms with Gasteiger partial charge in [0.15, 0.2) is 11.9 Å². The molecule has 5 fully saturated rings. The molecule has 4 aliphatic heterocycles. The van der Waals surface area contributed by atoms with Crippen molar-refractivity contribution in [2.75, 3.05) is 52.4 Å². The molecule has 8 rings (SSSR count). The first kappa shape index (κ1) is 95.0. The largest absolute Gasteiger partial charge is 0.489 e. The summed E-state index contributed by atoms with van der Waals surface area (Å²) in [4.78, 5) is 216. The van der Waals surface area contributed by atoms with Gasteiger partial charge < -0.3 is 116 Å². The Morgan fingerprint density at radius 1 is 0.562 bits per heavy atom. The molecule has 664 valence electrons. The number of hydrogen-bond donors (Lipinski definition) is 18. The summed E-state index contributed by atoms with van der Waals surface area (Å²) in [5.41, 5.74) is 31.1. The molecule has 0 spiro atoms. The number of carboxylic acid groups (broad SMARTS) is 1. The molecule has 0 unspecified atom stereocenters. The minimum atomic E-state index is -1.78. The van der Waals surface area contributed by atoms with E-state index in [-0.39, 0.29) is 159 Å². The van der Waals surface area contributed by atoms with E-state index in [0.29, 0.717) is 62.8 Å². The molecule has 3 aromatic rings. The van der Waals surface area contributed by atoms with Gasteiger partial charge in [-0.15, -0.1) is 0 Å². The third-order valence-electron chi connectivity index (χ3n) is 22.4. The average molecular weight is 1690 g/mol. The second-order valence-electron chi connectivity index (χ2n) is 32.1. The van der Waals surface area contributed by atoms with Gasteiger partial charge in [0.2, 0.25) is 76.8 Å². The van der Waals surface area contributed by atoms with E-state index >= 15 is 0 Å². The number of aliphatic hydroxyl groups is 1. The van der Waals surface area contributed by atoms with E-state index < -0.39 is 163 Å². The number of benzene rings is 2. The number of ether oxygens (including phenoxy) is 1.